The van der Waals surface area contributed by atoms with E-state index in [4.69, 9.17) is 4.74 Å². The van der Waals surface area contributed by atoms with E-state index in [2.05, 4.69) is 66.7 Å². The van der Waals surface area contributed by atoms with Crippen LogP contribution in [-0.2, 0) is 16.0 Å². The number of benzene rings is 2. The maximum atomic E-state index is 13.6. The number of esters is 1. The summed E-state index contributed by atoms with van der Waals surface area (Å²) in [5.41, 5.74) is 4.30. The van der Waals surface area contributed by atoms with Gasteiger partial charge >= 0.3 is 5.97 Å². The van der Waals surface area contributed by atoms with Crippen LogP contribution in [0.15, 0.2) is 73.4 Å². The van der Waals surface area contributed by atoms with Gasteiger partial charge in [-0.1, -0.05) is 62.4 Å². The molecule has 4 nitrogen and oxygen atoms in total. The molecule has 0 saturated carbocycles. The van der Waals surface area contributed by atoms with Crippen LogP contribution in [0.25, 0.3) is 10.9 Å². The minimum Gasteiger partial charge on any atom is -0.455 e. The molecule has 2 aromatic carbocycles. The highest BCUT2D eigenvalue weighted by Gasteiger charge is 2.44. The predicted molar refractivity (Wildman–Crippen MR) is 146 cm³/mol. The molecule has 188 valence electrons. The van der Waals surface area contributed by atoms with Crippen molar-refractivity contribution in [3.05, 3.63) is 90.1 Å². The maximum absolute atomic E-state index is 13.6. The van der Waals surface area contributed by atoms with Gasteiger partial charge in [0, 0.05) is 23.7 Å². The van der Waals surface area contributed by atoms with E-state index in [1.807, 2.05) is 37.4 Å². The van der Waals surface area contributed by atoms with Crippen molar-refractivity contribution in [1.29, 1.82) is 0 Å². The molecule has 0 radical (unpaired) electrons. The van der Waals surface area contributed by atoms with Gasteiger partial charge < -0.3 is 4.74 Å². The number of fused-ring (bicyclic) bond motifs is 4. The minimum atomic E-state index is -0.332. The summed E-state index contributed by atoms with van der Waals surface area (Å²) in [7, 11) is 0. The van der Waals surface area contributed by atoms with Crippen molar-refractivity contribution in [3.8, 4) is 0 Å². The summed E-state index contributed by atoms with van der Waals surface area (Å²) >= 11 is 0. The first kappa shape index (κ1) is 24.7. The van der Waals surface area contributed by atoms with Crippen LogP contribution in [0.4, 0.5) is 0 Å². The number of piperidine rings is 3. The number of ether oxygens (including phenoxy) is 1. The highest BCUT2D eigenvalue weighted by atomic mass is 16.5. The lowest BCUT2D eigenvalue weighted by molar-refractivity contribution is -0.158. The molecule has 3 aliphatic heterocycles. The van der Waals surface area contributed by atoms with Crippen molar-refractivity contribution in [2.45, 2.75) is 58.1 Å². The lowest BCUT2D eigenvalue weighted by Gasteiger charge is -2.51. The number of nitrogens with zero attached hydrogens (tertiary/aromatic N) is 2. The first-order valence-electron chi connectivity index (χ1n) is 13.4. The van der Waals surface area contributed by atoms with E-state index in [0.29, 0.717) is 17.8 Å². The van der Waals surface area contributed by atoms with Crippen LogP contribution in [0.1, 0.15) is 62.3 Å². The number of carbonyl (C=O) groups excluding carboxylic acids is 1. The van der Waals surface area contributed by atoms with Gasteiger partial charge in [-0.3, -0.25) is 14.7 Å². The lowest BCUT2D eigenvalue weighted by Crippen LogP contribution is -2.55. The number of carbonyl (C=O) groups is 1. The average molecular weight is 483 g/mol. The molecule has 3 aliphatic rings. The number of hydrogen-bond donors (Lipinski definition) is 0. The number of aromatic nitrogens is 1. The molecule has 0 amide bonds. The van der Waals surface area contributed by atoms with E-state index < -0.39 is 0 Å². The molecule has 2 bridgehead atoms. The Morgan fingerprint density at radius 3 is 2.61 bits per heavy atom. The SMILES string of the molecule is C=CC1CN2CC[C@@H]1CC2C(OC(=O)C(C)c1ccc(CC(C)C)cc1)c1ccnc2ccccc12. The van der Waals surface area contributed by atoms with Crippen molar-refractivity contribution in [2.24, 2.45) is 17.8 Å². The molecule has 36 heavy (non-hydrogen) atoms. The Morgan fingerprint density at radius 1 is 1.14 bits per heavy atom. The van der Waals surface area contributed by atoms with Gasteiger partial charge in [0.15, 0.2) is 0 Å². The van der Waals surface area contributed by atoms with Gasteiger partial charge in [0.25, 0.3) is 0 Å². The van der Waals surface area contributed by atoms with Crippen molar-refractivity contribution >= 4 is 16.9 Å². The summed E-state index contributed by atoms with van der Waals surface area (Å²) in [6, 6.07) is 18.8. The van der Waals surface area contributed by atoms with Crippen molar-refractivity contribution < 1.29 is 9.53 Å². The van der Waals surface area contributed by atoms with Crippen molar-refractivity contribution in [1.82, 2.24) is 9.88 Å². The molecule has 1 aromatic heterocycles. The second kappa shape index (κ2) is 10.6. The average Bonchev–Trinajstić information content (AvgIpc) is 2.91. The molecule has 5 unspecified atom stereocenters. The van der Waals surface area contributed by atoms with E-state index in [1.165, 1.54) is 12.0 Å². The van der Waals surface area contributed by atoms with Gasteiger partial charge in [-0.2, -0.15) is 0 Å². The Hall–Kier alpha value is -2.98. The van der Waals surface area contributed by atoms with Gasteiger partial charge in [-0.25, -0.2) is 0 Å². The van der Waals surface area contributed by atoms with Crippen LogP contribution >= 0.6 is 0 Å². The molecule has 3 aromatic rings. The molecule has 6 atom stereocenters. The monoisotopic (exact) mass is 482 g/mol. The van der Waals surface area contributed by atoms with Crippen LogP contribution in [-0.4, -0.2) is 35.0 Å². The minimum absolute atomic E-state index is 0.162. The van der Waals surface area contributed by atoms with E-state index in [1.54, 1.807) is 0 Å². The zero-order chi connectivity index (χ0) is 25.2. The number of para-hydroxylation sites is 1. The fraction of sp³-hybridized carbons (Fsp3) is 0.438. The Bertz CT molecular complexity index is 1210. The van der Waals surface area contributed by atoms with Crippen molar-refractivity contribution in [3.63, 3.8) is 0 Å². The number of rotatable bonds is 8. The maximum Gasteiger partial charge on any atom is 0.313 e. The Balaban J connectivity index is 1.44. The summed E-state index contributed by atoms with van der Waals surface area (Å²) < 4.78 is 6.48. The molecular weight excluding hydrogens is 444 g/mol. The van der Waals surface area contributed by atoms with Gasteiger partial charge in [0.2, 0.25) is 0 Å². The molecule has 4 heterocycles. The Morgan fingerprint density at radius 2 is 1.92 bits per heavy atom. The molecular formula is C32H38N2O2. The van der Waals surface area contributed by atoms with Crippen LogP contribution in [0, 0.1) is 17.8 Å². The Labute approximate surface area is 215 Å². The number of hydrogen-bond acceptors (Lipinski definition) is 4. The molecule has 0 N–H and O–H groups in total. The van der Waals surface area contributed by atoms with Crippen LogP contribution in [0.3, 0.4) is 0 Å². The Kier molecular flexibility index (Phi) is 7.25. The second-order valence-corrected chi connectivity index (χ2v) is 11.1. The van der Waals surface area contributed by atoms with E-state index in [0.717, 1.165) is 48.0 Å². The van der Waals surface area contributed by atoms with Gasteiger partial charge in [-0.15, -0.1) is 6.58 Å². The van der Waals surface area contributed by atoms with E-state index >= 15 is 0 Å². The van der Waals surface area contributed by atoms with Gasteiger partial charge in [-0.05, 0) is 73.7 Å². The highest BCUT2D eigenvalue weighted by Crippen LogP contribution is 2.43. The topological polar surface area (TPSA) is 42.4 Å². The molecule has 4 heteroatoms. The van der Waals surface area contributed by atoms with E-state index in [9.17, 15) is 4.79 Å². The summed E-state index contributed by atoms with van der Waals surface area (Å²) in [6.07, 6.45) is 6.87. The van der Waals surface area contributed by atoms with E-state index in [-0.39, 0.29) is 24.0 Å². The summed E-state index contributed by atoms with van der Waals surface area (Å²) in [6.45, 7) is 12.5. The molecule has 3 fully saturated rings. The molecule has 6 rings (SSSR count). The lowest BCUT2D eigenvalue weighted by atomic mass is 9.73. The van der Waals surface area contributed by atoms with Crippen LogP contribution in [0.2, 0.25) is 0 Å². The van der Waals surface area contributed by atoms with Crippen LogP contribution in [0.5, 0.6) is 0 Å². The zero-order valence-corrected chi connectivity index (χ0v) is 21.8. The van der Waals surface area contributed by atoms with Crippen molar-refractivity contribution in [2.75, 3.05) is 13.1 Å². The zero-order valence-electron chi connectivity index (χ0n) is 21.8. The normalized spacial score (nSPS) is 25.0. The highest BCUT2D eigenvalue weighted by molar-refractivity contribution is 5.83. The number of pyridine rings is 1. The summed E-state index contributed by atoms with van der Waals surface area (Å²) in [4.78, 5) is 20.7. The summed E-state index contributed by atoms with van der Waals surface area (Å²) in [5, 5.41) is 1.06. The quantitative estimate of drug-likeness (QED) is 0.264. The van der Waals surface area contributed by atoms with Gasteiger partial charge in [0.05, 0.1) is 17.5 Å². The standard InChI is InChI=1S/C32H38N2O2/c1-5-24-20-34-17-15-26(24)19-30(34)31(28-14-16-33-29-9-7-6-8-27(28)29)36-32(35)22(4)25-12-10-23(11-13-25)18-21(2)3/h5-14,16,21-22,24,26,30-31H,1,15,17-20H2,2-4H3/t22?,24?,26-,30?,31?/m1/s1. The fourth-order valence-electron chi connectivity index (χ4n) is 6.18. The summed E-state index contributed by atoms with van der Waals surface area (Å²) in [5.74, 6) is 1.23. The molecule has 0 aliphatic carbocycles. The third kappa shape index (κ3) is 4.97. The van der Waals surface area contributed by atoms with Crippen LogP contribution < -0.4 is 0 Å². The molecule has 0 spiro atoms. The van der Waals surface area contributed by atoms with Gasteiger partial charge in [0.1, 0.15) is 6.10 Å². The first-order chi connectivity index (χ1) is 17.4. The second-order valence-electron chi connectivity index (χ2n) is 11.1. The smallest absolute Gasteiger partial charge is 0.313 e. The molecule has 3 saturated heterocycles. The third-order valence-electron chi connectivity index (χ3n) is 8.21. The predicted octanol–water partition coefficient (Wildman–Crippen LogP) is 6.72. The largest absolute Gasteiger partial charge is 0.455 e. The first-order valence-corrected chi connectivity index (χ1v) is 13.4. The fourth-order valence-corrected chi connectivity index (χ4v) is 6.18. The third-order valence-corrected chi connectivity index (χ3v) is 8.21.